The number of H-pyrrole nitrogens is 1. The van der Waals surface area contributed by atoms with Gasteiger partial charge in [-0.05, 0) is 63.0 Å². The van der Waals surface area contributed by atoms with Gasteiger partial charge in [-0.2, -0.15) is 5.10 Å². The van der Waals surface area contributed by atoms with Gasteiger partial charge in [0.2, 0.25) is 0 Å². The van der Waals surface area contributed by atoms with Gasteiger partial charge in [0.1, 0.15) is 0 Å². The molecule has 1 fully saturated rings. The summed E-state index contributed by atoms with van der Waals surface area (Å²) in [5.41, 5.74) is 6.75. The minimum Gasteiger partial charge on any atom is -0.338 e. The molecule has 3 aromatic heterocycles. The smallest absolute Gasteiger partial charge is 0.259 e. The monoisotopic (exact) mass is 377 g/mol. The zero-order valence-electron chi connectivity index (χ0n) is 16.0. The summed E-state index contributed by atoms with van der Waals surface area (Å²) in [7, 11) is 0. The van der Waals surface area contributed by atoms with Crippen molar-refractivity contribution in [2.75, 3.05) is 13.1 Å². The van der Waals surface area contributed by atoms with Crippen LogP contribution in [0.4, 0.5) is 0 Å². The lowest BCUT2D eigenvalue weighted by Gasteiger charge is -2.40. The fourth-order valence-corrected chi connectivity index (χ4v) is 5.68. The minimum atomic E-state index is 0.0265. The Kier molecular flexibility index (Phi) is 3.29. The molecule has 0 radical (unpaired) electrons. The van der Waals surface area contributed by atoms with E-state index in [1.807, 2.05) is 13.1 Å². The van der Waals surface area contributed by atoms with Gasteiger partial charge in [0.25, 0.3) is 11.6 Å². The van der Waals surface area contributed by atoms with Crippen molar-refractivity contribution in [3.63, 3.8) is 0 Å². The van der Waals surface area contributed by atoms with E-state index in [1.54, 1.807) is 0 Å². The summed E-state index contributed by atoms with van der Waals surface area (Å²) in [5.74, 6) is 0.115. The Labute approximate surface area is 162 Å². The van der Waals surface area contributed by atoms with Crippen LogP contribution in [0.1, 0.15) is 64.2 Å². The van der Waals surface area contributed by atoms with E-state index in [0.29, 0.717) is 5.71 Å². The largest absolute Gasteiger partial charge is 0.338 e. The maximum absolute atomic E-state index is 13.8. The summed E-state index contributed by atoms with van der Waals surface area (Å²) >= 11 is 0. The van der Waals surface area contributed by atoms with Crippen LogP contribution in [-0.4, -0.2) is 44.2 Å². The second-order valence-electron chi connectivity index (χ2n) is 8.59. The molecule has 4 heterocycles. The second-order valence-corrected chi connectivity index (χ2v) is 8.59. The molecule has 1 aliphatic heterocycles. The van der Waals surface area contributed by atoms with Gasteiger partial charge in [0.15, 0.2) is 0 Å². The molecule has 3 aliphatic rings. The number of carbonyl (C=O) groups excluding carboxylic acids is 1. The number of pyridine rings is 1. The van der Waals surface area contributed by atoms with E-state index < -0.39 is 0 Å². The lowest BCUT2D eigenvalue weighted by molar-refractivity contribution is 0.0633. The number of amides is 1. The van der Waals surface area contributed by atoms with Gasteiger partial charge in [-0.25, -0.2) is 4.98 Å². The lowest BCUT2D eigenvalue weighted by Crippen LogP contribution is -2.48. The summed E-state index contributed by atoms with van der Waals surface area (Å²) < 4.78 is 5.44. The number of piperidine rings is 1. The van der Waals surface area contributed by atoms with E-state index >= 15 is 0 Å². The molecule has 1 spiro atoms. The molecule has 1 saturated heterocycles. The number of likely N-dealkylation sites (tertiary alicyclic amines) is 1. The zero-order valence-corrected chi connectivity index (χ0v) is 16.0. The third-order valence-corrected chi connectivity index (χ3v) is 7.02. The molecule has 1 atom stereocenters. The summed E-state index contributed by atoms with van der Waals surface area (Å²) in [6, 6.07) is 0. The average molecular weight is 377 g/mol. The van der Waals surface area contributed by atoms with Crippen molar-refractivity contribution in [1.82, 2.24) is 25.2 Å². The summed E-state index contributed by atoms with van der Waals surface area (Å²) in [4.78, 5) is 20.5. The third-order valence-electron chi connectivity index (χ3n) is 7.02. The first kappa shape index (κ1) is 16.3. The number of aromatic nitrogens is 4. The van der Waals surface area contributed by atoms with Crippen LogP contribution >= 0.6 is 0 Å². The van der Waals surface area contributed by atoms with Crippen LogP contribution in [0, 0.1) is 6.92 Å². The molecule has 0 saturated carbocycles. The molecule has 144 valence electrons. The number of hydrogen-bond donors (Lipinski definition) is 1. The first-order chi connectivity index (χ1) is 13.7. The lowest BCUT2D eigenvalue weighted by atomic mass is 9.77. The van der Waals surface area contributed by atoms with E-state index in [2.05, 4.69) is 25.2 Å². The summed E-state index contributed by atoms with van der Waals surface area (Å²) in [5, 5.41) is 12.4. The van der Waals surface area contributed by atoms with Gasteiger partial charge in [0, 0.05) is 29.9 Å². The van der Waals surface area contributed by atoms with Crippen molar-refractivity contribution in [3.8, 4) is 0 Å². The van der Waals surface area contributed by atoms with Gasteiger partial charge in [-0.3, -0.25) is 9.89 Å². The van der Waals surface area contributed by atoms with Gasteiger partial charge < -0.3 is 9.42 Å². The molecule has 7 heteroatoms. The van der Waals surface area contributed by atoms with Crippen molar-refractivity contribution >= 4 is 17.0 Å². The SMILES string of the molecule is Cc1noc2nc3c(c(C(=O)N4CCCC5(CCc6cn[nH]c65)C4)c12)CCC3. The van der Waals surface area contributed by atoms with Crippen molar-refractivity contribution in [2.45, 2.75) is 57.3 Å². The van der Waals surface area contributed by atoms with Crippen LogP contribution in [0.15, 0.2) is 10.7 Å². The highest BCUT2D eigenvalue weighted by atomic mass is 16.5. The highest BCUT2D eigenvalue weighted by Gasteiger charge is 2.45. The fourth-order valence-electron chi connectivity index (χ4n) is 5.68. The first-order valence-electron chi connectivity index (χ1n) is 10.3. The molecule has 6 rings (SSSR count). The molecule has 28 heavy (non-hydrogen) atoms. The van der Waals surface area contributed by atoms with Crippen LogP contribution < -0.4 is 0 Å². The van der Waals surface area contributed by atoms with Crippen LogP contribution in [0.3, 0.4) is 0 Å². The summed E-state index contributed by atoms with van der Waals surface area (Å²) in [6.45, 7) is 3.45. The van der Waals surface area contributed by atoms with Gasteiger partial charge in [-0.1, -0.05) is 5.16 Å². The molecule has 3 aromatic rings. The Bertz CT molecular complexity index is 1110. The van der Waals surface area contributed by atoms with E-state index in [1.165, 1.54) is 11.3 Å². The third kappa shape index (κ3) is 2.10. The maximum Gasteiger partial charge on any atom is 0.259 e. The Morgan fingerprint density at radius 1 is 1.25 bits per heavy atom. The molecule has 1 unspecified atom stereocenters. The van der Waals surface area contributed by atoms with Crippen molar-refractivity contribution in [2.24, 2.45) is 0 Å². The maximum atomic E-state index is 13.8. The van der Waals surface area contributed by atoms with Gasteiger partial charge >= 0.3 is 0 Å². The molecular formula is C21H23N5O2. The zero-order chi connectivity index (χ0) is 18.9. The second kappa shape index (κ2) is 5.65. The molecular weight excluding hydrogens is 354 g/mol. The first-order valence-corrected chi connectivity index (χ1v) is 10.3. The van der Waals surface area contributed by atoms with Crippen LogP contribution in [-0.2, 0) is 24.7 Å². The van der Waals surface area contributed by atoms with Crippen LogP contribution in [0.25, 0.3) is 11.1 Å². The molecule has 0 bridgehead atoms. The van der Waals surface area contributed by atoms with E-state index in [9.17, 15) is 4.79 Å². The van der Waals surface area contributed by atoms with E-state index in [-0.39, 0.29) is 11.3 Å². The van der Waals surface area contributed by atoms with Crippen molar-refractivity contribution in [3.05, 3.63) is 40.0 Å². The highest BCUT2D eigenvalue weighted by Crippen LogP contribution is 2.44. The number of nitrogens with one attached hydrogen (secondary N) is 1. The molecule has 7 nitrogen and oxygen atoms in total. The van der Waals surface area contributed by atoms with Gasteiger partial charge in [0.05, 0.1) is 22.8 Å². The van der Waals surface area contributed by atoms with Gasteiger partial charge in [-0.15, -0.1) is 0 Å². The molecule has 1 amide bonds. The number of nitrogens with zero attached hydrogens (tertiary/aromatic N) is 4. The van der Waals surface area contributed by atoms with Crippen molar-refractivity contribution < 1.29 is 9.32 Å². The summed E-state index contributed by atoms with van der Waals surface area (Å²) in [6.07, 6.45) is 9.09. The Balaban J connectivity index is 1.44. The normalized spacial score (nSPS) is 23.5. The van der Waals surface area contributed by atoms with E-state index in [0.717, 1.165) is 85.9 Å². The average Bonchev–Trinajstić information content (AvgIpc) is 3.47. The van der Waals surface area contributed by atoms with E-state index in [4.69, 9.17) is 4.52 Å². The Morgan fingerprint density at radius 3 is 3.11 bits per heavy atom. The van der Waals surface area contributed by atoms with Crippen LogP contribution in [0.2, 0.25) is 0 Å². The Hall–Kier alpha value is -2.70. The predicted molar refractivity (Wildman–Crippen MR) is 102 cm³/mol. The minimum absolute atomic E-state index is 0.0265. The molecule has 2 aliphatic carbocycles. The number of carbonyl (C=O) groups is 1. The number of rotatable bonds is 1. The fraction of sp³-hybridized carbons (Fsp3) is 0.524. The number of fused-ring (bicyclic) bond motifs is 4. The molecule has 0 aromatic carbocycles. The number of aromatic amines is 1. The van der Waals surface area contributed by atoms with Crippen LogP contribution in [0.5, 0.6) is 0 Å². The predicted octanol–water partition coefficient (Wildman–Crippen LogP) is 2.86. The quantitative estimate of drug-likeness (QED) is 0.704. The topological polar surface area (TPSA) is 87.9 Å². The Morgan fingerprint density at radius 2 is 2.18 bits per heavy atom. The number of hydrogen-bond acceptors (Lipinski definition) is 5. The number of aryl methyl sites for hydroxylation is 3. The standard InChI is InChI=1S/C21H23N5O2/c1-12-16-17(14-4-2-5-15(14)23-19(16)28-25-12)20(27)26-9-3-7-21(11-26)8-6-13-10-22-24-18(13)21/h10H,2-9,11H2,1H3,(H,22,24). The highest BCUT2D eigenvalue weighted by molar-refractivity contribution is 6.07. The van der Waals surface area contributed by atoms with Crippen molar-refractivity contribution in [1.29, 1.82) is 0 Å². The molecule has 1 N–H and O–H groups in total.